The van der Waals surface area contributed by atoms with Crippen LogP contribution in [0.1, 0.15) is 91.3 Å². The molecule has 2 aromatic heterocycles. The van der Waals surface area contributed by atoms with Crippen molar-refractivity contribution in [2.45, 2.75) is 111 Å². The van der Waals surface area contributed by atoms with Gasteiger partial charge in [-0.05, 0) is 72.8 Å². The zero-order chi connectivity index (χ0) is 31.9. The summed E-state index contributed by atoms with van der Waals surface area (Å²) in [6, 6.07) is 7.79. The number of guanidine groups is 1. The third-order valence-corrected chi connectivity index (χ3v) is 6.66. The van der Waals surface area contributed by atoms with Crippen molar-refractivity contribution in [3.05, 3.63) is 47.6 Å². The number of carbonyl (C=O) groups excluding carboxylic acids is 2. The zero-order valence-electron chi connectivity index (χ0n) is 26.8. The predicted octanol–water partition coefficient (Wildman–Crippen LogP) is 5.54. The highest BCUT2D eigenvalue weighted by molar-refractivity contribution is 5.99. The van der Waals surface area contributed by atoms with Crippen molar-refractivity contribution in [1.29, 1.82) is 0 Å². The zero-order valence-corrected chi connectivity index (χ0v) is 26.8. The standard InChI is InChI=1S/C31H44N8O5/c1-8-9-11-23-20-38(37-35-23)19-21-13-15-22(16-14-21)26-32-25(44-36-26)18-24-12-10-17-39(24)27(33-28(40)42-30(2,3)4)34-29(41)43-31(5,6)7/h13-16,20,24H,8-12,17-19H2,1-7H3,(H,33,34,40,41)/t24-/m0/s1. The second-order valence-electron chi connectivity index (χ2n) is 13.0. The molecule has 44 heavy (non-hydrogen) atoms. The topological polar surface area (TPSA) is 150 Å². The van der Waals surface area contributed by atoms with Gasteiger partial charge in [-0.25, -0.2) is 14.3 Å². The van der Waals surface area contributed by atoms with Gasteiger partial charge in [-0.2, -0.15) is 4.98 Å². The van der Waals surface area contributed by atoms with E-state index in [0.29, 0.717) is 31.2 Å². The maximum atomic E-state index is 12.6. The predicted molar refractivity (Wildman–Crippen MR) is 164 cm³/mol. The van der Waals surface area contributed by atoms with Gasteiger partial charge in [0.1, 0.15) is 11.2 Å². The van der Waals surface area contributed by atoms with Crippen molar-refractivity contribution >= 4 is 18.1 Å². The van der Waals surface area contributed by atoms with Crippen LogP contribution in [0.25, 0.3) is 11.4 Å². The van der Waals surface area contributed by atoms with E-state index in [2.05, 4.69) is 37.7 Å². The number of rotatable bonds is 8. The van der Waals surface area contributed by atoms with Crippen molar-refractivity contribution in [3.8, 4) is 11.4 Å². The third kappa shape index (κ3) is 9.88. The molecule has 0 radical (unpaired) electrons. The Labute approximate surface area is 258 Å². The summed E-state index contributed by atoms with van der Waals surface area (Å²) in [5, 5.41) is 15.3. The molecule has 1 aliphatic rings. The average Bonchev–Trinajstić information content (AvgIpc) is 3.67. The molecule has 1 aliphatic heterocycles. The summed E-state index contributed by atoms with van der Waals surface area (Å²) in [5.41, 5.74) is 1.45. The van der Waals surface area contributed by atoms with Gasteiger partial charge in [-0.1, -0.05) is 48.0 Å². The van der Waals surface area contributed by atoms with E-state index in [9.17, 15) is 9.59 Å². The Morgan fingerprint density at radius 3 is 2.50 bits per heavy atom. The lowest BCUT2D eigenvalue weighted by atomic mass is 10.1. The second-order valence-corrected chi connectivity index (χ2v) is 13.0. The molecule has 1 aromatic carbocycles. The summed E-state index contributed by atoms with van der Waals surface area (Å²) in [5.74, 6) is 0.988. The molecule has 1 N–H and O–H groups in total. The summed E-state index contributed by atoms with van der Waals surface area (Å²) in [6.07, 6.45) is 5.64. The van der Waals surface area contributed by atoms with Crippen LogP contribution in [0.2, 0.25) is 0 Å². The smallest absolute Gasteiger partial charge is 0.437 e. The Morgan fingerprint density at radius 2 is 1.82 bits per heavy atom. The van der Waals surface area contributed by atoms with Crippen molar-refractivity contribution in [1.82, 2.24) is 35.4 Å². The number of aryl methyl sites for hydroxylation is 1. The number of alkyl carbamates (subject to hydrolysis) is 1. The van der Waals surface area contributed by atoms with E-state index in [4.69, 9.17) is 14.0 Å². The van der Waals surface area contributed by atoms with Gasteiger partial charge in [0.2, 0.25) is 17.7 Å². The molecular weight excluding hydrogens is 564 g/mol. The number of carbonyl (C=O) groups is 2. The molecule has 0 bridgehead atoms. The molecule has 3 aromatic rings. The van der Waals surface area contributed by atoms with Gasteiger partial charge in [0.05, 0.1) is 12.2 Å². The monoisotopic (exact) mass is 608 g/mol. The van der Waals surface area contributed by atoms with E-state index in [1.54, 1.807) is 41.5 Å². The second kappa shape index (κ2) is 14.0. The fourth-order valence-electron chi connectivity index (χ4n) is 4.75. The first kappa shape index (κ1) is 32.6. The lowest BCUT2D eigenvalue weighted by Gasteiger charge is -2.28. The van der Waals surface area contributed by atoms with Crippen LogP contribution in [0.4, 0.5) is 9.59 Å². The van der Waals surface area contributed by atoms with Crippen molar-refractivity contribution in [2.75, 3.05) is 6.54 Å². The maximum absolute atomic E-state index is 12.6. The number of aliphatic imine (C=N–C) groups is 1. The van der Waals surface area contributed by atoms with Crippen LogP contribution in [0.15, 0.2) is 40.0 Å². The summed E-state index contributed by atoms with van der Waals surface area (Å²) >= 11 is 0. The number of hydrogen-bond donors (Lipinski definition) is 1. The van der Waals surface area contributed by atoms with Gasteiger partial charge in [0.25, 0.3) is 0 Å². The van der Waals surface area contributed by atoms with E-state index < -0.39 is 23.4 Å². The Balaban J connectivity index is 1.43. The van der Waals surface area contributed by atoms with Crippen molar-refractivity contribution in [3.63, 3.8) is 0 Å². The first-order valence-corrected chi connectivity index (χ1v) is 15.2. The molecule has 3 heterocycles. The fraction of sp³-hybridized carbons (Fsp3) is 0.581. The van der Waals surface area contributed by atoms with Gasteiger partial charge >= 0.3 is 12.2 Å². The molecule has 1 saturated heterocycles. The lowest BCUT2D eigenvalue weighted by molar-refractivity contribution is 0.0554. The molecule has 2 amide bonds. The van der Waals surface area contributed by atoms with Gasteiger partial charge < -0.3 is 18.9 Å². The van der Waals surface area contributed by atoms with Crippen LogP contribution in [-0.4, -0.2) is 72.0 Å². The van der Waals surface area contributed by atoms with Crippen LogP contribution in [0.3, 0.4) is 0 Å². The lowest BCUT2D eigenvalue weighted by Crippen LogP contribution is -2.49. The number of aromatic nitrogens is 5. The van der Waals surface area contributed by atoms with E-state index in [-0.39, 0.29) is 12.0 Å². The molecule has 4 rings (SSSR count). The molecule has 0 spiro atoms. The molecule has 0 unspecified atom stereocenters. The summed E-state index contributed by atoms with van der Waals surface area (Å²) in [4.78, 5) is 35.8. The minimum atomic E-state index is -0.807. The molecule has 13 nitrogen and oxygen atoms in total. The van der Waals surface area contributed by atoms with Crippen LogP contribution in [-0.2, 0) is 28.9 Å². The summed E-state index contributed by atoms with van der Waals surface area (Å²) in [6.45, 7) is 13.9. The molecule has 1 fully saturated rings. The number of ether oxygens (including phenoxy) is 2. The van der Waals surface area contributed by atoms with Crippen LogP contribution in [0.5, 0.6) is 0 Å². The Kier molecular flexibility index (Phi) is 10.4. The van der Waals surface area contributed by atoms with E-state index in [1.807, 2.05) is 40.0 Å². The van der Waals surface area contributed by atoms with Crippen LogP contribution < -0.4 is 5.32 Å². The van der Waals surface area contributed by atoms with Crippen LogP contribution in [0, 0.1) is 0 Å². The minimum Gasteiger partial charge on any atom is -0.444 e. The molecular formula is C31H44N8O5. The maximum Gasteiger partial charge on any atom is 0.437 e. The number of hydrogen-bond acceptors (Lipinski definition) is 9. The SMILES string of the molecule is CCCCc1cn(Cc2ccc(-c3noc(C[C@@H]4CCCN4C(=NC(=O)OC(C)(C)C)NC(=O)OC(C)(C)C)n3)cc2)nn1. The first-order valence-electron chi connectivity index (χ1n) is 15.2. The number of nitrogens with zero attached hydrogens (tertiary/aromatic N) is 7. The van der Waals surface area contributed by atoms with Crippen molar-refractivity contribution in [2.24, 2.45) is 4.99 Å². The Morgan fingerprint density at radius 1 is 1.09 bits per heavy atom. The largest absolute Gasteiger partial charge is 0.444 e. The Hall–Kier alpha value is -4.29. The number of unbranched alkanes of at least 4 members (excludes halogenated alkanes) is 1. The van der Waals surface area contributed by atoms with E-state index >= 15 is 0 Å². The average molecular weight is 609 g/mol. The normalized spacial score (nSPS) is 15.8. The highest BCUT2D eigenvalue weighted by Crippen LogP contribution is 2.24. The minimum absolute atomic E-state index is 0.0659. The highest BCUT2D eigenvalue weighted by Gasteiger charge is 2.32. The number of benzene rings is 1. The van der Waals surface area contributed by atoms with Crippen LogP contribution >= 0.6 is 0 Å². The molecule has 0 saturated carbocycles. The van der Waals surface area contributed by atoms with Crippen molar-refractivity contribution < 1.29 is 23.6 Å². The van der Waals surface area contributed by atoms with Gasteiger partial charge in [-0.15, -0.1) is 10.1 Å². The van der Waals surface area contributed by atoms with Gasteiger partial charge in [0, 0.05) is 30.8 Å². The fourth-order valence-corrected chi connectivity index (χ4v) is 4.75. The van der Waals surface area contributed by atoms with Gasteiger partial charge in [0.15, 0.2) is 0 Å². The molecule has 13 heteroatoms. The molecule has 0 aliphatic carbocycles. The van der Waals surface area contributed by atoms with Gasteiger partial charge in [-0.3, -0.25) is 5.32 Å². The third-order valence-electron chi connectivity index (χ3n) is 6.66. The Bertz CT molecular complexity index is 1430. The van der Waals surface area contributed by atoms with E-state index in [0.717, 1.165) is 48.9 Å². The highest BCUT2D eigenvalue weighted by atomic mass is 16.6. The number of amides is 2. The molecule has 238 valence electrons. The van der Waals surface area contributed by atoms with E-state index in [1.165, 1.54) is 0 Å². The quantitative estimate of drug-likeness (QED) is 0.255. The molecule has 1 atom stereocenters. The summed E-state index contributed by atoms with van der Waals surface area (Å²) in [7, 11) is 0. The number of likely N-dealkylation sites (tertiary alicyclic amines) is 1. The summed E-state index contributed by atoms with van der Waals surface area (Å²) < 4.78 is 18.2. The number of nitrogens with one attached hydrogen (secondary N) is 1. The first-order chi connectivity index (χ1) is 20.8.